The van der Waals surface area contributed by atoms with E-state index in [4.69, 9.17) is 22.8 Å². The van der Waals surface area contributed by atoms with Crippen molar-refractivity contribution in [2.75, 3.05) is 6.54 Å². The number of benzene rings is 2. The average Bonchev–Trinajstić information content (AvgIpc) is 3.23. The number of thioether (sulfide) groups is 1. The van der Waals surface area contributed by atoms with Crippen LogP contribution in [0.25, 0.3) is 11.8 Å². The summed E-state index contributed by atoms with van der Waals surface area (Å²) in [6, 6.07) is 17.4. The lowest BCUT2D eigenvalue weighted by atomic mass is 10.2. The zero-order valence-electron chi connectivity index (χ0n) is 18.2. The summed E-state index contributed by atoms with van der Waals surface area (Å²) in [5.74, 6) is 2.73. The van der Waals surface area contributed by atoms with Gasteiger partial charge < -0.3 is 9.30 Å². The summed E-state index contributed by atoms with van der Waals surface area (Å²) in [5, 5.41) is 0.336. The first-order valence-electron chi connectivity index (χ1n) is 10.2. The van der Waals surface area contributed by atoms with Crippen LogP contribution in [0.5, 0.6) is 5.75 Å². The number of imide groups is 1. The lowest BCUT2D eigenvalue weighted by Crippen LogP contribution is -2.28. The van der Waals surface area contributed by atoms with Gasteiger partial charge in [0.1, 0.15) is 12.4 Å². The van der Waals surface area contributed by atoms with Gasteiger partial charge >= 0.3 is 0 Å². The molecule has 4 rings (SSSR count). The van der Waals surface area contributed by atoms with Gasteiger partial charge in [0.15, 0.2) is 0 Å². The van der Waals surface area contributed by atoms with Crippen molar-refractivity contribution in [3.8, 4) is 23.8 Å². The molecule has 0 saturated carbocycles. The van der Waals surface area contributed by atoms with Crippen LogP contribution in [-0.4, -0.2) is 27.2 Å². The van der Waals surface area contributed by atoms with Gasteiger partial charge in [0, 0.05) is 27.7 Å². The Morgan fingerprint density at radius 3 is 2.55 bits per heavy atom. The Kier molecular flexibility index (Phi) is 6.64. The molecule has 1 aromatic heterocycles. The number of terminal acetylenes is 1. The van der Waals surface area contributed by atoms with Crippen molar-refractivity contribution >= 4 is 40.6 Å². The van der Waals surface area contributed by atoms with E-state index >= 15 is 0 Å². The van der Waals surface area contributed by atoms with Gasteiger partial charge in [-0.25, -0.2) is 0 Å². The van der Waals surface area contributed by atoms with Crippen LogP contribution in [0.1, 0.15) is 22.5 Å². The molecule has 1 saturated heterocycles. The maximum absolute atomic E-state index is 12.5. The first-order chi connectivity index (χ1) is 15.9. The molecule has 0 atom stereocenters. The van der Waals surface area contributed by atoms with E-state index in [9.17, 15) is 9.59 Å². The van der Waals surface area contributed by atoms with E-state index in [-0.39, 0.29) is 17.7 Å². The molecule has 3 aromatic rings. The molecule has 2 aromatic carbocycles. The standard InChI is InChI=1S/C26H21ClN2O3S/c1-4-13-28-25(30)24(33-26(28)31)15-20-14-17(2)29(18(20)3)21-9-11-22(12-10-21)32-16-19-7-5-6-8-23(19)27/h1,5-12,14-15H,13,16H2,2-3H3/b24-15+. The highest BCUT2D eigenvalue weighted by atomic mass is 35.5. The van der Waals surface area contributed by atoms with Crippen molar-refractivity contribution < 1.29 is 14.3 Å². The second kappa shape index (κ2) is 9.62. The Balaban J connectivity index is 1.54. The molecule has 2 heterocycles. The number of hydrogen-bond acceptors (Lipinski definition) is 4. The molecular weight excluding hydrogens is 456 g/mol. The van der Waals surface area contributed by atoms with E-state index in [0.29, 0.717) is 16.5 Å². The summed E-state index contributed by atoms with van der Waals surface area (Å²) >= 11 is 7.10. The number of rotatable bonds is 6. The normalized spacial score (nSPS) is 14.7. The predicted molar refractivity (Wildman–Crippen MR) is 133 cm³/mol. The lowest BCUT2D eigenvalue weighted by Gasteiger charge is -2.12. The fourth-order valence-electron chi connectivity index (χ4n) is 3.67. The number of aryl methyl sites for hydroxylation is 1. The van der Waals surface area contributed by atoms with Crippen molar-refractivity contribution in [2.24, 2.45) is 0 Å². The SMILES string of the molecule is C#CCN1C(=O)S/C(=C/c2cc(C)n(-c3ccc(OCc4ccccc4Cl)cc3)c2C)C1=O. The van der Waals surface area contributed by atoms with Crippen LogP contribution in [0.2, 0.25) is 5.02 Å². The molecule has 7 heteroatoms. The number of amides is 2. The molecule has 1 fully saturated rings. The maximum atomic E-state index is 12.5. The second-order valence-corrected chi connectivity index (χ2v) is 8.91. The average molecular weight is 477 g/mol. The third kappa shape index (κ3) is 4.70. The highest BCUT2D eigenvalue weighted by Gasteiger charge is 2.34. The third-order valence-corrected chi connectivity index (χ3v) is 6.60. The van der Waals surface area contributed by atoms with Crippen molar-refractivity contribution in [2.45, 2.75) is 20.5 Å². The van der Waals surface area contributed by atoms with Crippen LogP contribution in [0.3, 0.4) is 0 Å². The van der Waals surface area contributed by atoms with Crippen LogP contribution < -0.4 is 4.74 Å². The summed E-state index contributed by atoms with van der Waals surface area (Å²) < 4.78 is 7.97. The molecule has 1 aliphatic heterocycles. The summed E-state index contributed by atoms with van der Waals surface area (Å²) in [6.07, 6.45) is 7.02. The number of nitrogens with zero attached hydrogens (tertiary/aromatic N) is 2. The molecule has 1 aliphatic rings. The molecular formula is C26H21ClN2O3S. The van der Waals surface area contributed by atoms with E-state index in [1.54, 1.807) is 6.08 Å². The van der Waals surface area contributed by atoms with Gasteiger partial charge in [-0.2, -0.15) is 0 Å². The molecule has 0 bridgehead atoms. The molecule has 5 nitrogen and oxygen atoms in total. The molecule has 0 spiro atoms. The molecule has 0 N–H and O–H groups in total. The topological polar surface area (TPSA) is 51.5 Å². The molecule has 0 unspecified atom stereocenters. The van der Waals surface area contributed by atoms with Gasteiger partial charge in [-0.3, -0.25) is 14.5 Å². The zero-order chi connectivity index (χ0) is 23.5. The summed E-state index contributed by atoms with van der Waals surface area (Å²) in [4.78, 5) is 26.0. The predicted octanol–water partition coefficient (Wildman–Crippen LogP) is 6.00. The molecule has 2 amide bonds. The minimum Gasteiger partial charge on any atom is -0.489 e. The van der Waals surface area contributed by atoms with Crippen LogP contribution >= 0.6 is 23.4 Å². The number of aromatic nitrogens is 1. The van der Waals surface area contributed by atoms with Gasteiger partial charge in [0.2, 0.25) is 0 Å². The summed E-state index contributed by atoms with van der Waals surface area (Å²) in [6.45, 7) is 4.34. The van der Waals surface area contributed by atoms with Gasteiger partial charge in [-0.1, -0.05) is 35.7 Å². The molecule has 33 heavy (non-hydrogen) atoms. The molecule has 166 valence electrons. The van der Waals surface area contributed by atoms with Crippen LogP contribution in [0, 0.1) is 26.2 Å². The lowest BCUT2D eigenvalue weighted by molar-refractivity contribution is -0.122. The minimum absolute atomic E-state index is 0.0219. The number of carbonyl (C=O) groups excluding carboxylic acids is 2. The summed E-state index contributed by atoms with van der Waals surface area (Å²) in [7, 11) is 0. The van der Waals surface area contributed by atoms with Crippen LogP contribution in [-0.2, 0) is 11.4 Å². The fraction of sp³-hybridized carbons (Fsp3) is 0.154. The second-order valence-electron chi connectivity index (χ2n) is 7.51. The van der Waals surface area contributed by atoms with E-state index < -0.39 is 0 Å². The van der Waals surface area contributed by atoms with E-state index in [1.807, 2.05) is 68.4 Å². The highest BCUT2D eigenvalue weighted by Crippen LogP contribution is 2.33. The Bertz CT molecular complexity index is 1300. The van der Waals surface area contributed by atoms with Gasteiger partial charge in [-0.15, -0.1) is 6.42 Å². The highest BCUT2D eigenvalue weighted by molar-refractivity contribution is 8.18. The molecule has 0 aliphatic carbocycles. The van der Waals surface area contributed by atoms with Crippen molar-refractivity contribution in [1.29, 1.82) is 0 Å². The minimum atomic E-state index is -0.354. The van der Waals surface area contributed by atoms with E-state index in [0.717, 1.165) is 50.6 Å². The van der Waals surface area contributed by atoms with Crippen LogP contribution in [0.4, 0.5) is 4.79 Å². The number of carbonyl (C=O) groups is 2. The fourth-order valence-corrected chi connectivity index (χ4v) is 4.69. The van der Waals surface area contributed by atoms with Crippen molar-refractivity contribution in [3.05, 3.63) is 87.0 Å². The van der Waals surface area contributed by atoms with Gasteiger partial charge in [0.25, 0.3) is 11.1 Å². The van der Waals surface area contributed by atoms with Crippen molar-refractivity contribution in [1.82, 2.24) is 9.47 Å². The van der Waals surface area contributed by atoms with Crippen molar-refractivity contribution in [3.63, 3.8) is 0 Å². The number of halogens is 1. The monoisotopic (exact) mass is 476 g/mol. The first-order valence-corrected chi connectivity index (χ1v) is 11.4. The van der Waals surface area contributed by atoms with Crippen LogP contribution in [0.15, 0.2) is 59.5 Å². The molecule has 0 radical (unpaired) electrons. The maximum Gasteiger partial charge on any atom is 0.294 e. The Morgan fingerprint density at radius 1 is 1.12 bits per heavy atom. The Hall–Kier alpha value is -3.40. The Labute approximate surface area is 202 Å². The summed E-state index contributed by atoms with van der Waals surface area (Å²) in [5.41, 5.74) is 4.73. The van der Waals surface area contributed by atoms with E-state index in [1.165, 1.54) is 0 Å². The van der Waals surface area contributed by atoms with Gasteiger partial charge in [-0.05, 0) is 73.6 Å². The largest absolute Gasteiger partial charge is 0.489 e. The van der Waals surface area contributed by atoms with E-state index in [2.05, 4.69) is 10.5 Å². The third-order valence-electron chi connectivity index (χ3n) is 5.33. The smallest absolute Gasteiger partial charge is 0.294 e. The number of ether oxygens (including phenoxy) is 1. The Morgan fingerprint density at radius 2 is 1.85 bits per heavy atom. The zero-order valence-corrected chi connectivity index (χ0v) is 19.7. The van der Waals surface area contributed by atoms with Gasteiger partial charge in [0.05, 0.1) is 11.4 Å². The first kappa shape index (κ1) is 22.8. The number of hydrogen-bond donors (Lipinski definition) is 0. The quantitative estimate of drug-likeness (QED) is 0.323.